The number of allylic oxidation sites excluding steroid dienone is 2. The summed E-state index contributed by atoms with van der Waals surface area (Å²) in [6, 6.07) is 5.41. The zero-order chi connectivity index (χ0) is 25.5. The molecule has 9 heteroatoms. The SMILES string of the molecule is C\C=C(/C=N/C(=C/CC)C(C)(C)O)[C@H](O)c1ccc(OC)c(-c2ccnc(OC(F)F)c2)c1F. The maximum absolute atomic E-state index is 15.7. The zero-order valence-electron chi connectivity index (χ0n) is 19.7. The first kappa shape index (κ1) is 27.1. The maximum Gasteiger partial charge on any atom is 0.388 e. The molecule has 0 amide bonds. The molecule has 184 valence electrons. The predicted octanol–water partition coefficient (Wildman–Crippen LogP) is 5.61. The lowest BCUT2D eigenvalue weighted by Crippen LogP contribution is -2.21. The monoisotopic (exact) mass is 478 g/mol. The number of aliphatic imine (C=N–C) groups is 1. The van der Waals surface area contributed by atoms with E-state index in [9.17, 15) is 19.0 Å². The third-order valence-corrected chi connectivity index (χ3v) is 4.91. The van der Waals surface area contributed by atoms with Crippen LogP contribution in [-0.2, 0) is 0 Å². The van der Waals surface area contributed by atoms with Gasteiger partial charge in [-0.15, -0.1) is 0 Å². The van der Waals surface area contributed by atoms with Crippen molar-refractivity contribution in [2.75, 3.05) is 7.11 Å². The number of aliphatic hydroxyl groups is 2. The van der Waals surface area contributed by atoms with Gasteiger partial charge in [0.25, 0.3) is 0 Å². The average molecular weight is 479 g/mol. The second-order valence-electron chi connectivity index (χ2n) is 7.81. The molecule has 2 rings (SSSR count). The minimum atomic E-state index is -3.09. The van der Waals surface area contributed by atoms with E-state index in [0.29, 0.717) is 12.1 Å². The van der Waals surface area contributed by atoms with Crippen LogP contribution < -0.4 is 9.47 Å². The highest BCUT2D eigenvalue weighted by molar-refractivity contribution is 5.82. The number of hydrogen-bond acceptors (Lipinski definition) is 6. The van der Waals surface area contributed by atoms with Gasteiger partial charge in [-0.25, -0.2) is 9.37 Å². The van der Waals surface area contributed by atoms with Crippen molar-refractivity contribution in [1.82, 2.24) is 4.98 Å². The summed E-state index contributed by atoms with van der Waals surface area (Å²) in [6.07, 6.45) is 5.15. The average Bonchev–Trinajstić information content (AvgIpc) is 2.77. The Bertz CT molecular complexity index is 1080. The van der Waals surface area contributed by atoms with E-state index < -0.39 is 24.1 Å². The number of methoxy groups -OCH3 is 1. The molecular weight excluding hydrogens is 449 g/mol. The molecule has 6 nitrogen and oxygen atoms in total. The summed E-state index contributed by atoms with van der Waals surface area (Å²) < 4.78 is 50.5. The van der Waals surface area contributed by atoms with Crippen molar-refractivity contribution in [1.29, 1.82) is 0 Å². The standard InChI is InChI=1S/C25H29F3N2O4/c1-6-8-19(25(3,4)32)30-14-15(7-2)23(31)17-9-10-18(33-5)21(22(17)26)16-11-12-29-20(13-16)34-24(27)28/h7-14,23-24,31-32H,6H2,1-5H3/b15-7+,19-8+,30-14+/t23-/m0/s1. The fourth-order valence-electron chi connectivity index (χ4n) is 3.23. The van der Waals surface area contributed by atoms with Crippen molar-refractivity contribution in [3.8, 4) is 22.8 Å². The molecule has 1 atom stereocenters. The van der Waals surface area contributed by atoms with Gasteiger partial charge in [-0.05, 0) is 56.5 Å². The molecule has 1 aromatic heterocycles. The molecule has 1 heterocycles. The highest BCUT2D eigenvalue weighted by Gasteiger charge is 2.24. The second-order valence-corrected chi connectivity index (χ2v) is 7.81. The molecule has 34 heavy (non-hydrogen) atoms. The number of aromatic nitrogens is 1. The smallest absolute Gasteiger partial charge is 0.388 e. The van der Waals surface area contributed by atoms with E-state index >= 15 is 4.39 Å². The van der Waals surface area contributed by atoms with Crippen LogP contribution in [0.4, 0.5) is 13.2 Å². The number of rotatable bonds is 10. The lowest BCUT2D eigenvalue weighted by molar-refractivity contribution is -0.0528. The maximum atomic E-state index is 15.7. The molecule has 0 unspecified atom stereocenters. The van der Waals surface area contributed by atoms with E-state index in [4.69, 9.17) is 4.74 Å². The van der Waals surface area contributed by atoms with Crippen molar-refractivity contribution in [2.24, 2.45) is 4.99 Å². The van der Waals surface area contributed by atoms with Gasteiger partial charge in [-0.2, -0.15) is 8.78 Å². The van der Waals surface area contributed by atoms with Crippen LogP contribution in [0.15, 0.2) is 58.9 Å². The van der Waals surface area contributed by atoms with Gasteiger partial charge in [0.15, 0.2) is 0 Å². The van der Waals surface area contributed by atoms with Crippen LogP contribution in [0.3, 0.4) is 0 Å². The van der Waals surface area contributed by atoms with Gasteiger partial charge < -0.3 is 19.7 Å². The molecule has 0 spiro atoms. The Balaban J connectivity index is 2.52. The molecule has 0 fully saturated rings. The number of halogens is 3. The number of alkyl halides is 2. The molecule has 1 aromatic carbocycles. The zero-order valence-corrected chi connectivity index (χ0v) is 19.7. The largest absolute Gasteiger partial charge is 0.496 e. The number of nitrogens with zero attached hydrogens (tertiary/aromatic N) is 2. The third kappa shape index (κ3) is 6.68. The Morgan fingerprint density at radius 2 is 1.97 bits per heavy atom. The van der Waals surface area contributed by atoms with E-state index in [1.807, 2.05) is 6.92 Å². The normalized spacial score (nSPS) is 14.1. The van der Waals surface area contributed by atoms with Crippen LogP contribution in [0.1, 0.15) is 45.8 Å². The number of hydrogen-bond donors (Lipinski definition) is 2. The Morgan fingerprint density at radius 3 is 2.53 bits per heavy atom. The lowest BCUT2D eigenvalue weighted by atomic mass is 9.95. The fraction of sp³-hybridized carbons (Fsp3) is 0.360. The van der Waals surface area contributed by atoms with E-state index in [1.165, 1.54) is 37.7 Å². The second kappa shape index (κ2) is 11.8. The van der Waals surface area contributed by atoms with Gasteiger partial charge >= 0.3 is 6.61 Å². The Labute approximate surface area is 197 Å². The lowest BCUT2D eigenvalue weighted by Gasteiger charge is -2.20. The molecule has 0 aliphatic carbocycles. The minimum absolute atomic E-state index is 0.0454. The fourth-order valence-corrected chi connectivity index (χ4v) is 3.23. The summed E-state index contributed by atoms with van der Waals surface area (Å²) in [5.74, 6) is -1.06. The predicted molar refractivity (Wildman–Crippen MR) is 125 cm³/mol. The van der Waals surface area contributed by atoms with E-state index in [1.54, 1.807) is 32.9 Å². The first-order valence-corrected chi connectivity index (χ1v) is 10.6. The van der Waals surface area contributed by atoms with Gasteiger partial charge in [0, 0.05) is 24.0 Å². The van der Waals surface area contributed by atoms with Crippen LogP contribution in [0, 0.1) is 5.82 Å². The highest BCUT2D eigenvalue weighted by atomic mass is 19.3. The number of benzene rings is 1. The summed E-state index contributed by atoms with van der Waals surface area (Å²) >= 11 is 0. The van der Waals surface area contributed by atoms with Crippen LogP contribution in [-0.4, -0.2) is 40.7 Å². The highest BCUT2D eigenvalue weighted by Crippen LogP contribution is 2.38. The summed E-state index contributed by atoms with van der Waals surface area (Å²) in [5.41, 5.74) is -0.448. The molecule has 0 saturated heterocycles. The Morgan fingerprint density at radius 1 is 1.26 bits per heavy atom. The molecule has 2 N–H and O–H groups in total. The summed E-state index contributed by atoms with van der Waals surface area (Å²) in [7, 11) is 1.34. The first-order chi connectivity index (χ1) is 16.0. The minimum Gasteiger partial charge on any atom is -0.496 e. The molecule has 0 aliphatic rings. The molecular formula is C25H29F3N2O4. The molecule has 0 saturated carbocycles. The van der Waals surface area contributed by atoms with Gasteiger partial charge in [0.05, 0.1) is 18.4 Å². The molecule has 0 aliphatic heterocycles. The summed E-state index contributed by atoms with van der Waals surface area (Å²) in [6.45, 7) is 3.66. The van der Waals surface area contributed by atoms with Gasteiger partial charge in [-0.3, -0.25) is 4.99 Å². The van der Waals surface area contributed by atoms with Crippen molar-refractivity contribution in [3.05, 3.63) is 65.3 Å². The topological polar surface area (TPSA) is 84.2 Å². The van der Waals surface area contributed by atoms with E-state index in [-0.39, 0.29) is 33.9 Å². The van der Waals surface area contributed by atoms with Crippen molar-refractivity contribution >= 4 is 6.21 Å². The first-order valence-electron chi connectivity index (χ1n) is 10.6. The molecule has 2 aromatic rings. The van der Waals surface area contributed by atoms with Gasteiger partial charge in [0.2, 0.25) is 5.88 Å². The van der Waals surface area contributed by atoms with Gasteiger partial charge in [0.1, 0.15) is 23.3 Å². The third-order valence-electron chi connectivity index (χ3n) is 4.91. The van der Waals surface area contributed by atoms with Crippen LogP contribution in [0.5, 0.6) is 11.6 Å². The van der Waals surface area contributed by atoms with Gasteiger partial charge in [-0.1, -0.05) is 19.1 Å². The Hall–Kier alpha value is -3.17. The van der Waals surface area contributed by atoms with Crippen molar-refractivity contribution in [3.63, 3.8) is 0 Å². The quantitative estimate of drug-likeness (QED) is 0.434. The summed E-state index contributed by atoms with van der Waals surface area (Å²) in [4.78, 5) is 8.00. The molecule has 0 bridgehead atoms. The van der Waals surface area contributed by atoms with E-state index in [0.717, 1.165) is 6.07 Å². The van der Waals surface area contributed by atoms with Crippen LogP contribution in [0.2, 0.25) is 0 Å². The van der Waals surface area contributed by atoms with Crippen LogP contribution >= 0.6 is 0 Å². The summed E-state index contributed by atoms with van der Waals surface area (Å²) in [5, 5.41) is 21.2. The Kier molecular flexibility index (Phi) is 9.40. The van der Waals surface area contributed by atoms with Crippen molar-refractivity contribution in [2.45, 2.75) is 52.4 Å². The van der Waals surface area contributed by atoms with E-state index in [2.05, 4.69) is 14.7 Å². The molecule has 0 radical (unpaired) electrons. The number of pyridine rings is 1. The van der Waals surface area contributed by atoms with Crippen LogP contribution in [0.25, 0.3) is 11.1 Å². The van der Waals surface area contributed by atoms with Crippen molar-refractivity contribution < 1.29 is 32.9 Å². The number of ether oxygens (including phenoxy) is 2. The number of aliphatic hydroxyl groups excluding tert-OH is 1.